The summed E-state index contributed by atoms with van der Waals surface area (Å²) in [4.78, 5) is 10.8. The Morgan fingerprint density at radius 1 is 1.50 bits per heavy atom. The van der Waals surface area contributed by atoms with Gasteiger partial charge >= 0.3 is 5.97 Å². The topological polar surface area (TPSA) is 46.5 Å². The first kappa shape index (κ1) is 13.4. The number of aryl methyl sites for hydroxylation is 1. The Morgan fingerprint density at radius 3 is 2.88 bits per heavy atom. The van der Waals surface area contributed by atoms with Gasteiger partial charge in [-0.2, -0.15) is 0 Å². The molecular weight excluding hydrogens is 319 g/mol. The molecule has 0 atom stereocenters. The van der Waals surface area contributed by atoms with Gasteiger partial charge < -0.3 is 9.84 Å². The zero-order valence-electron chi connectivity index (χ0n) is 9.20. The minimum absolute atomic E-state index is 0.354. The van der Waals surface area contributed by atoms with Gasteiger partial charge in [-0.05, 0) is 66.1 Å². The predicted molar refractivity (Wildman–Crippen MR) is 70.9 cm³/mol. The first-order valence-electron chi connectivity index (χ1n) is 5.24. The molecule has 0 fully saturated rings. The molecule has 0 radical (unpaired) electrons. The van der Waals surface area contributed by atoms with Crippen LogP contribution in [-0.4, -0.2) is 24.3 Å². The molecule has 88 valence electrons. The molecule has 0 saturated heterocycles. The van der Waals surface area contributed by atoms with Crippen molar-refractivity contribution in [2.75, 3.05) is 13.2 Å². The number of carbonyl (C=O) groups is 1. The summed E-state index contributed by atoms with van der Waals surface area (Å²) in [5, 5.41) is 8.88. The van der Waals surface area contributed by atoms with E-state index in [0.29, 0.717) is 5.56 Å². The summed E-state index contributed by atoms with van der Waals surface area (Å²) in [6, 6.07) is 5.23. The minimum Gasteiger partial charge on any atom is -0.478 e. The second kappa shape index (κ2) is 6.85. The third kappa shape index (κ3) is 4.09. The van der Waals surface area contributed by atoms with Crippen LogP contribution in [0.4, 0.5) is 0 Å². The molecule has 3 nitrogen and oxygen atoms in total. The highest BCUT2D eigenvalue weighted by Crippen LogP contribution is 2.16. The third-order valence-electron chi connectivity index (χ3n) is 2.23. The molecular formula is C12H15IO3. The Kier molecular flexibility index (Phi) is 5.76. The quantitative estimate of drug-likeness (QED) is 0.643. The van der Waals surface area contributed by atoms with Crippen LogP contribution in [0.15, 0.2) is 18.2 Å². The van der Waals surface area contributed by atoms with Crippen molar-refractivity contribution in [3.63, 3.8) is 0 Å². The molecule has 0 aromatic heterocycles. The van der Waals surface area contributed by atoms with E-state index in [-0.39, 0.29) is 0 Å². The lowest BCUT2D eigenvalue weighted by Gasteiger charge is -2.06. The lowest BCUT2D eigenvalue weighted by Crippen LogP contribution is -2.01. The normalized spacial score (nSPS) is 10.4. The number of carboxylic acids is 1. The van der Waals surface area contributed by atoms with Crippen LogP contribution in [0.2, 0.25) is 0 Å². The second-order valence-electron chi connectivity index (χ2n) is 3.41. The van der Waals surface area contributed by atoms with Crippen molar-refractivity contribution < 1.29 is 14.6 Å². The third-order valence-corrected chi connectivity index (χ3v) is 3.28. The van der Waals surface area contributed by atoms with Crippen molar-refractivity contribution in [1.29, 1.82) is 0 Å². The van der Waals surface area contributed by atoms with Gasteiger partial charge in [0.1, 0.15) is 0 Å². The first-order valence-corrected chi connectivity index (χ1v) is 6.32. The van der Waals surface area contributed by atoms with Crippen molar-refractivity contribution in [3.05, 3.63) is 32.9 Å². The summed E-state index contributed by atoms with van der Waals surface area (Å²) in [5.41, 5.74) is 1.44. The van der Waals surface area contributed by atoms with Gasteiger partial charge in [-0.1, -0.05) is 0 Å². The van der Waals surface area contributed by atoms with Crippen LogP contribution >= 0.6 is 22.6 Å². The SMILES string of the molecule is CCOCCCc1cc(C(=O)O)ccc1I. The number of rotatable bonds is 6. The monoisotopic (exact) mass is 334 g/mol. The average Bonchev–Trinajstić information content (AvgIpc) is 2.26. The second-order valence-corrected chi connectivity index (χ2v) is 4.57. The van der Waals surface area contributed by atoms with E-state index < -0.39 is 5.97 Å². The molecule has 1 aromatic rings. The Balaban J connectivity index is 2.63. The van der Waals surface area contributed by atoms with Crippen LogP contribution in [0, 0.1) is 3.57 Å². The molecule has 0 aliphatic rings. The standard InChI is InChI=1S/C12H15IO3/c1-2-16-7-3-4-9-8-10(12(14)15)5-6-11(9)13/h5-6,8H,2-4,7H2,1H3,(H,14,15). The minimum atomic E-state index is -0.873. The van der Waals surface area contributed by atoms with Crippen LogP contribution in [0.5, 0.6) is 0 Å². The summed E-state index contributed by atoms with van der Waals surface area (Å²) in [7, 11) is 0. The van der Waals surface area contributed by atoms with Crippen LogP contribution in [0.1, 0.15) is 29.3 Å². The van der Waals surface area contributed by atoms with Gasteiger partial charge in [0.15, 0.2) is 0 Å². The van der Waals surface area contributed by atoms with Crippen molar-refractivity contribution in [2.24, 2.45) is 0 Å². The number of ether oxygens (including phenoxy) is 1. The fourth-order valence-electron chi connectivity index (χ4n) is 1.41. The van der Waals surface area contributed by atoms with Crippen molar-refractivity contribution in [3.8, 4) is 0 Å². The highest BCUT2D eigenvalue weighted by Gasteiger charge is 2.06. The maximum atomic E-state index is 10.8. The molecule has 16 heavy (non-hydrogen) atoms. The fraction of sp³-hybridized carbons (Fsp3) is 0.417. The number of aromatic carboxylic acids is 1. The van der Waals surface area contributed by atoms with E-state index >= 15 is 0 Å². The molecule has 1 rings (SSSR count). The lowest BCUT2D eigenvalue weighted by molar-refractivity contribution is 0.0696. The van der Waals surface area contributed by atoms with Gasteiger partial charge in [0.05, 0.1) is 5.56 Å². The molecule has 0 saturated carbocycles. The molecule has 0 aliphatic heterocycles. The number of carboxylic acid groups (broad SMARTS) is 1. The predicted octanol–water partition coefficient (Wildman–Crippen LogP) is 2.96. The first-order chi connectivity index (χ1) is 7.65. The van der Waals surface area contributed by atoms with Gasteiger partial charge in [0, 0.05) is 16.8 Å². The van der Waals surface area contributed by atoms with E-state index in [9.17, 15) is 4.79 Å². The summed E-state index contributed by atoms with van der Waals surface area (Å²) in [5.74, 6) is -0.873. The largest absolute Gasteiger partial charge is 0.478 e. The zero-order chi connectivity index (χ0) is 12.0. The van der Waals surface area contributed by atoms with Crippen LogP contribution in [0.25, 0.3) is 0 Å². The molecule has 4 heteroatoms. The smallest absolute Gasteiger partial charge is 0.335 e. The summed E-state index contributed by atoms with van der Waals surface area (Å²) < 4.78 is 6.36. The highest BCUT2D eigenvalue weighted by molar-refractivity contribution is 14.1. The zero-order valence-corrected chi connectivity index (χ0v) is 11.4. The molecule has 1 aromatic carbocycles. The molecule has 0 bridgehead atoms. The van der Waals surface area contributed by atoms with Gasteiger partial charge in [-0.3, -0.25) is 0 Å². The average molecular weight is 334 g/mol. The summed E-state index contributed by atoms with van der Waals surface area (Å²) in [6.07, 6.45) is 1.78. The van der Waals surface area contributed by atoms with E-state index in [1.54, 1.807) is 12.1 Å². The molecule has 0 aliphatic carbocycles. The fourth-order valence-corrected chi connectivity index (χ4v) is 2.01. The van der Waals surface area contributed by atoms with E-state index in [1.807, 2.05) is 13.0 Å². The maximum absolute atomic E-state index is 10.8. The van der Waals surface area contributed by atoms with Crippen LogP contribution in [0.3, 0.4) is 0 Å². The summed E-state index contributed by atoms with van der Waals surface area (Å²) in [6.45, 7) is 3.42. The van der Waals surface area contributed by atoms with Gasteiger partial charge in [-0.25, -0.2) is 4.79 Å². The number of hydrogen-bond acceptors (Lipinski definition) is 2. The van der Waals surface area contributed by atoms with Crippen molar-refractivity contribution in [1.82, 2.24) is 0 Å². The molecule has 0 amide bonds. The van der Waals surface area contributed by atoms with E-state index in [1.165, 1.54) is 0 Å². The number of halogens is 1. The number of hydrogen-bond donors (Lipinski definition) is 1. The maximum Gasteiger partial charge on any atom is 0.335 e. The van der Waals surface area contributed by atoms with Crippen molar-refractivity contribution in [2.45, 2.75) is 19.8 Å². The number of benzene rings is 1. The van der Waals surface area contributed by atoms with Gasteiger partial charge in [-0.15, -0.1) is 0 Å². The Morgan fingerprint density at radius 2 is 2.25 bits per heavy atom. The molecule has 1 N–H and O–H groups in total. The van der Waals surface area contributed by atoms with Crippen LogP contribution in [-0.2, 0) is 11.2 Å². The van der Waals surface area contributed by atoms with Crippen molar-refractivity contribution >= 4 is 28.6 Å². The Hall–Kier alpha value is -0.620. The van der Waals surface area contributed by atoms with Gasteiger partial charge in [0.25, 0.3) is 0 Å². The van der Waals surface area contributed by atoms with E-state index in [2.05, 4.69) is 22.6 Å². The summed E-state index contributed by atoms with van der Waals surface area (Å²) >= 11 is 2.23. The van der Waals surface area contributed by atoms with E-state index in [0.717, 1.165) is 35.2 Å². The Labute approximate surface area is 109 Å². The lowest BCUT2D eigenvalue weighted by atomic mass is 10.1. The molecule has 0 spiro atoms. The van der Waals surface area contributed by atoms with Gasteiger partial charge in [0.2, 0.25) is 0 Å². The Bertz CT molecular complexity index is 363. The van der Waals surface area contributed by atoms with Crippen LogP contribution < -0.4 is 0 Å². The van der Waals surface area contributed by atoms with E-state index in [4.69, 9.17) is 9.84 Å². The molecule has 0 heterocycles. The highest BCUT2D eigenvalue weighted by atomic mass is 127. The molecule has 0 unspecified atom stereocenters.